The van der Waals surface area contributed by atoms with Gasteiger partial charge in [-0.15, -0.1) is 0 Å². The first-order chi connectivity index (χ1) is 20.2. The fraction of sp³-hybridized carbons (Fsp3) is 0.806. The second-order valence-corrected chi connectivity index (χ2v) is 14.4. The number of hydrogen-bond acceptors (Lipinski definition) is 11. The molecule has 0 aromatic heterocycles. The van der Waals surface area contributed by atoms with Crippen molar-refractivity contribution in [2.45, 2.75) is 132 Å². The van der Waals surface area contributed by atoms with Gasteiger partial charge in [-0.2, -0.15) is 0 Å². The summed E-state index contributed by atoms with van der Waals surface area (Å²) in [6.07, 6.45) is 5.78. The van der Waals surface area contributed by atoms with Crippen molar-refractivity contribution in [3.8, 4) is 0 Å². The SMILES string of the molecule is CC(C)N(CC1OC(N2CNC3C(N)NCNC32)C(O)C1O)C1CC(CCC2Nc3ccc(C4(C)CCC4)cc3N2)C1. The quantitative estimate of drug-likeness (QED) is 0.211. The third-order valence-electron chi connectivity index (χ3n) is 11.3. The molecule has 4 heterocycles. The van der Waals surface area contributed by atoms with Crippen LogP contribution in [0.4, 0.5) is 11.4 Å². The van der Waals surface area contributed by atoms with Crippen molar-refractivity contribution in [1.82, 2.24) is 25.8 Å². The van der Waals surface area contributed by atoms with E-state index in [2.05, 4.69) is 75.4 Å². The van der Waals surface area contributed by atoms with E-state index in [0.717, 1.165) is 6.42 Å². The summed E-state index contributed by atoms with van der Waals surface area (Å²) in [7, 11) is 0. The number of nitrogens with zero attached hydrogens (tertiary/aromatic N) is 2. The molecule has 0 amide bonds. The van der Waals surface area contributed by atoms with E-state index in [1.165, 1.54) is 55.5 Å². The van der Waals surface area contributed by atoms with Crippen LogP contribution < -0.4 is 32.3 Å². The number of aliphatic hydroxyl groups excluding tert-OH is 2. The molecule has 0 radical (unpaired) electrons. The number of aliphatic hydroxyl groups is 2. The number of nitrogens with one attached hydrogen (secondary N) is 5. The Bertz CT molecular complexity index is 1110. The van der Waals surface area contributed by atoms with E-state index in [-0.39, 0.29) is 18.4 Å². The molecule has 0 spiro atoms. The second-order valence-electron chi connectivity index (χ2n) is 14.4. The summed E-state index contributed by atoms with van der Waals surface area (Å²) in [5.74, 6) is 0.712. The summed E-state index contributed by atoms with van der Waals surface area (Å²) < 4.78 is 6.39. The summed E-state index contributed by atoms with van der Waals surface area (Å²) in [6.45, 7) is 8.61. The topological polar surface area (TPSA) is 142 Å². The van der Waals surface area contributed by atoms with E-state index in [9.17, 15) is 10.2 Å². The number of rotatable bonds is 9. The molecule has 1 aromatic carbocycles. The molecule has 8 atom stereocenters. The first-order valence-electron chi connectivity index (χ1n) is 16.4. The van der Waals surface area contributed by atoms with Crippen molar-refractivity contribution in [3.05, 3.63) is 23.8 Å². The Balaban J connectivity index is 0.891. The first-order valence-corrected chi connectivity index (χ1v) is 16.4. The number of hydrogen-bond donors (Lipinski definition) is 8. The smallest absolute Gasteiger partial charge is 0.142 e. The minimum Gasteiger partial charge on any atom is -0.387 e. The van der Waals surface area contributed by atoms with Gasteiger partial charge < -0.3 is 31.3 Å². The zero-order chi connectivity index (χ0) is 29.2. The molecule has 8 unspecified atom stereocenters. The third-order valence-corrected chi connectivity index (χ3v) is 11.3. The highest BCUT2D eigenvalue weighted by Gasteiger charge is 2.52. The molecule has 7 rings (SSSR count). The number of benzene rings is 1. The first kappa shape index (κ1) is 29.2. The van der Waals surface area contributed by atoms with Crippen LogP contribution in [0.15, 0.2) is 18.2 Å². The van der Waals surface area contributed by atoms with Crippen LogP contribution in [-0.2, 0) is 10.2 Å². The maximum Gasteiger partial charge on any atom is 0.142 e. The van der Waals surface area contributed by atoms with Crippen molar-refractivity contribution in [3.63, 3.8) is 0 Å². The maximum absolute atomic E-state index is 11.0. The zero-order valence-corrected chi connectivity index (χ0v) is 25.4. The summed E-state index contributed by atoms with van der Waals surface area (Å²) in [5, 5.41) is 39.5. The number of anilines is 2. The molecule has 42 heavy (non-hydrogen) atoms. The molecule has 6 aliphatic rings. The lowest BCUT2D eigenvalue weighted by Crippen LogP contribution is -2.68. The van der Waals surface area contributed by atoms with Gasteiger partial charge in [0.05, 0.1) is 42.6 Å². The average Bonchev–Trinajstić information content (AvgIpc) is 3.62. The lowest BCUT2D eigenvalue weighted by molar-refractivity contribution is -0.112. The summed E-state index contributed by atoms with van der Waals surface area (Å²) in [5.41, 5.74) is 10.6. The van der Waals surface area contributed by atoms with Crippen molar-refractivity contribution >= 4 is 11.4 Å². The molecule has 11 heteroatoms. The molecule has 234 valence electrons. The van der Waals surface area contributed by atoms with Crippen LogP contribution in [0.25, 0.3) is 0 Å². The van der Waals surface area contributed by atoms with Crippen LogP contribution in [0.3, 0.4) is 0 Å². The average molecular weight is 585 g/mol. The highest BCUT2D eigenvalue weighted by molar-refractivity contribution is 5.75. The van der Waals surface area contributed by atoms with Gasteiger partial charge in [0.15, 0.2) is 0 Å². The number of fused-ring (bicyclic) bond motifs is 2. The Morgan fingerprint density at radius 3 is 2.60 bits per heavy atom. The summed E-state index contributed by atoms with van der Waals surface area (Å²) >= 11 is 0. The van der Waals surface area contributed by atoms with Gasteiger partial charge in [-0.05, 0) is 81.4 Å². The summed E-state index contributed by atoms with van der Waals surface area (Å²) in [6, 6.07) is 7.79. The molecule has 3 saturated heterocycles. The molecule has 2 saturated carbocycles. The summed E-state index contributed by atoms with van der Waals surface area (Å²) in [4.78, 5) is 4.55. The Labute approximate surface area is 250 Å². The molecule has 9 N–H and O–H groups in total. The molecular formula is C31H52N8O3. The molecule has 5 fully saturated rings. The van der Waals surface area contributed by atoms with Gasteiger partial charge >= 0.3 is 0 Å². The van der Waals surface area contributed by atoms with Crippen LogP contribution in [0.1, 0.15) is 71.3 Å². The molecule has 2 aliphatic carbocycles. The van der Waals surface area contributed by atoms with Gasteiger partial charge in [0, 0.05) is 25.3 Å². The van der Waals surface area contributed by atoms with E-state index in [1.54, 1.807) is 0 Å². The van der Waals surface area contributed by atoms with Crippen LogP contribution in [0.5, 0.6) is 0 Å². The monoisotopic (exact) mass is 584 g/mol. The van der Waals surface area contributed by atoms with Crippen LogP contribution in [0, 0.1) is 5.92 Å². The van der Waals surface area contributed by atoms with E-state index >= 15 is 0 Å². The van der Waals surface area contributed by atoms with Crippen LogP contribution in [0.2, 0.25) is 0 Å². The van der Waals surface area contributed by atoms with Crippen LogP contribution >= 0.6 is 0 Å². The molecule has 1 aromatic rings. The minimum absolute atomic E-state index is 0.0156. The highest BCUT2D eigenvalue weighted by Crippen LogP contribution is 2.46. The molecule has 11 nitrogen and oxygen atoms in total. The maximum atomic E-state index is 11.0. The van der Waals surface area contributed by atoms with Gasteiger partial charge in [-0.1, -0.05) is 19.4 Å². The van der Waals surface area contributed by atoms with Gasteiger partial charge in [-0.3, -0.25) is 20.9 Å². The van der Waals surface area contributed by atoms with E-state index < -0.39 is 24.5 Å². The minimum atomic E-state index is -0.963. The van der Waals surface area contributed by atoms with Gasteiger partial charge in [0.1, 0.15) is 24.5 Å². The predicted molar refractivity (Wildman–Crippen MR) is 163 cm³/mol. The molecule has 4 aliphatic heterocycles. The fourth-order valence-corrected chi connectivity index (χ4v) is 8.32. The van der Waals surface area contributed by atoms with Crippen LogP contribution in [-0.4, -0.2) is 101 Å². The fourth-order valence-electron chi connectivity index (χ4n) is 8.32. The normalized spacial score (nSPS) is 40.8. The number of ether oxygens (including phenoxy) is 1. The third kappa shape index (κ3) is 5.24. The Morgan fingerprint density at radius 2 is 1.86 bits per heavy atom. The van der Waals surface area contributed by atoms with Gasteiger partial charge in [0.2, 0.25) is 0 Å². The molecular weight excluding hydrogens is 532 g/mol. The second kappa shape index (κ2) is 11.4. The van der Waals surface area contributed by atoms with Crippen molar-refractivity contribution in [1.29, 1.82) is 0 Å². The zero-order valence-electron chi connectivity index (χ0n) is 25.4. The lowest BCUT2D eigenvalue weighted by Gasteiger charge is -2.46. The Hall–Kier alpha value is -1.54. The Kier molecular flexibility index (Phi) is 7.94. The van der Waals surface area contributed by atoms with E-state index in [4.69, 9.17) is 10.5 Å². The standard InChI is InChI=1S/C31H52N8O3/c1-17(2)38(14-23-26(40)27(41)30(42-23)39-16-35-25-28(32)33-15-34-29(25)39)20-11-18(12-20)5-8-24-36-21-7-6-19(13-22(21)37-24)31(3)9-4-10-31/h6-7,13,17-18,20,23-30,33-37,40-41H,4-5,8-12,14-16,32H2,1-3H3. The molecule has 0 bridgehead atoms. The lowest BCUT2D eigenvalue weighted by atomic mass is 9.66. The van der Waals surface area contributed by atoms with Gasteiger partial charge in [0.25, 0.3) is 0 Å². The predicted octanol–water partition coefficient (Wildman–Crippen LogP) is 1.00. The van der Waals surface area contributed by atoms with Crippen molar-refractivity contribution < 1.29 is 14.9 Å². The Morgan fingerprint density at radius 1 is 1.07 bits per heavy atom. The number of nitrogens with two attached hydrogens (primary N) is 1. The largest absolute Gasteiger partial charge is 0.387 e. The van der Waals surface area contributed by atoms with Gasteiger partial charge in [-0.25, -0.2) is 4.90 Å². The van der Waals surface area contributed by atoms with E-state index in [0.29, 0.717) is 49.5 Å². The van der Waals surface area contributed by atoms with E-state index in [1.807, 2.05) is 0 Å². The van der Waals surface area contributed by atoms with Crippen molar-refractivity contribution in [2.24, 2.45) is 11.7 Å². The highest BCUT2D eigenvalue weighted by atomic mass is 16.6. The van der Waals surface area contributed by atoms with Crippen molar-refractivity contribution in [2.75, 3.05) is 30.5 Å².